The van der Waals surface area contributed by atoms with Crippen molar-refractivity contribution in [1.29, 1.82) is 5.26 Å². The van der Waals surface area contributed by atoms with Gasteiger partial charge >= 0.3 is 5.97 Å². The molecular formula is C19H22FN5O2. The van der Waals surface area contributed by atoms with Crippen LogP contribution in [0.5, 0.6) is 0 Å². The molecule has 1 unspecified atom stereocenters. The Kier molecular flexibility index (Phi) is 5.24. The minimum atomic E-state index is -2.31. The topological polar surface area (TPSA) is 102 Å². The van der Waals surface area contributed by atoms with Gasteiger partial charge in [-0.3, -0.25) is 9.97 Å². The van der Waals surface area contributed by atoms with E-state index in [1.165, 1.54) is 0 Å². The quantitative estimate of drug-likeness (QED) is 0.830. The second-order valence-corrected chi connectivity index (χ2v) is 7.32. The van der Waals surface area contributed by atoms with E-state index in [4.69, 9.17) is 5.11 Å². The molecule has 0 saturated carbocycles. The molecule has 1 aliphatic heterocycles. The number of fused-ring (bicyclic) bond motifs is 1. The molecule has 2 heterocycles. The molecule has 8 heteroatoms. The molecule has 1 fully saturated rings. The van der Waals surface area contributed by atoms with Crippen molar-refractivity contribution in [3.05, 3.63) is 30.1 Å². The van der Waals surface area contributed by atoms with E-state index in [1.807, 2.05) is 6.07 Å². The van der Waals surface area contributed by atoms with Crippen molar-refractivity contribution >= 4 is 22.7 Å². The van der Waals surface area contributed by atoms with E-state index in [9.17, 15) is 14.4 Å². The molecular weight excluding hydrogens is 349 g/mol. The molecule has 0 aliphatic carbocycles. The molecule has 0 bridgehead atoms. The number of alkyl halides is 1. The van der Waals surface area contributed by atoms with E-state index in [-0.39, 0.29) is 12.6 Å². The van der Waals surface area contributed by atoms with Crippen LogP contribution >= 0.6 is 0 Å². The van der Waals surface area contributed by atoms with Gasteiger partial charge in [0, 0.05) is 38.1 Å². The second-order valence-electron chi connectivity index (χ2n) is 7.32. The number of carboxylic acid groups (broad SMARTS) is 1. The summed E-state index contributed by atoms with van der Waals surface area (Å²) in [5, 5.41) is 21.3. The second kappa shape index (κ2) is 7.45. The number of benzene rings is 1. The van der Waals surface area contributed by atoms with Crippen LogP contribution in [-0.2, 0) is 4.79 Å². The smallest absolute Gasteiger partial charge is 0.342 e. The maximum Gasteiger partial charge on any atom is 0.342 e. The van der Waals surface area contributed by atoms with Crippen molar-refractivity contribution in [3.8, 4) is 6.07 Å². The Hall–Kier alpha value is -2.79. The van der Waals surface area contributed by atoms with Crippen LogP contribution in [0.15, 0.2) is 24.5 Å². The van der Waals surface area contributed by atoms with Crippen molar-refractivity contribution < 1.29 is 14.3 Å². The number of carboxylic acids is 1. The summed E-state index contributed by atoms with van der Waals surface area (Å²) >= 11 is 0. The molecule has 3 atom stereocenters. The summed E-state index contributed by atoms with van der Waals surface area (Å²) in [6, 6.07) is 5.68. The molecule has 2 N–H and O–H groups in total. The van der Waals surface area contributed by atoms with Gasteiger partial charge in [0.15, 0.2) is 0 Å². The summed E-state index contributed by atoms with van der Waals surface area (Å²) < 4.78 is 14.1. The lowest BCUT2D eigenvalue weighted by atomic mass is 9.94. The number of anilines is 1. The SMILES string of the molecule is C[C@@H]1C[C@H](NCC(C)(F)C(=O)O)CN(c2ccc(C#N)c3nccnc23)C1. The Morgan fingerprint density at radius 3 is 2.78 bits per heavy atom. The first-order valence-electron chi connectivity index (χ1n) is 8.86. The summed E-state index contributed by atoms with van der Waals surface area (Å²) in [5.74, 6) is -1.14. The first kappa shape index (κ1) is 19.0. The molecule has 1 aromatic carbocycles. The molecule has 0 radical (unpaired) electrons. The molecule has 0 spiro atoms. The zero-order chi connectivity index (χ0) is 19.6. The van der Waals surface area contributed by atoms with E-state index in [0.717, 1.165) is 25.6 Å². The Balaban J connectivity index is 1.84. The zero-order valence-electron chi connectivity index (χ0n) is 15.3. The third-order valence-corrected chi connectivity index (χ3v) is 4.89. The number of carbonyl (C=O) groups is 1. The average Bonchev–Trinajstić information content (AvgIpc) is 2.65. The molecule has 1 saturated heterocycles. The number of nitriles is 1. The van der Waals surface area contributed by atoms with E-state index >= 15 is 0 Å². The fourth-order valence-corrected chi connectivity index (χ4v) is 3.50. The zero-order valence-corrected chi connectivity index (χ0v) is 15.3. The van der Waals surface area contributed by atoms with Crippen LogP contribution in [-0.4, -0.2) is 52.4 Å². The van der Waals surface area contributed by atoms with Gasteiger partial charge in [-0.25, -0.2) is 9.18 Å². The highest BCUT2D eigenvalue weighted by atomic mass is 19.1. The van der Waals surface area contributed by atoms with Crippen LogP contribution < -0.4 is 10.2 Å². The Labute approximate surface area is 156 Å². The monoisotopic (exact) mass is 371 g/mol. The first-order valence-corrected chi connectivity index (χ1v) is 8.86. The lowest BCUT2D eigenvalue weighted by Crippen LogP contribution is -2.52. The lowest BCUT2D eigenvalue weighted by Gasteiger charge is -2.39. The van der Waals surface area contributed by atoms with Crippen LogP contribution in [0, 0.1) is 17.2 Å². The maximum atomic E-state index is 14.1. The summed E-state index contributed by atoms with van der Waals surface area (Å²) in [6.45, 7) is 4.31. The maximum absolute atomic E-state index is 14.1. The summed E-state index contributed by atoms with van der Waals surface area (Å²) in [6.07, 6.45) is 3.98. The molecule has 142 valence electrons. The number of aliphatic carboxylic acids is 1. The van der Waals surface area contributed by atoms with Crippen molar-refractivity contribution in [1.82, 2.24) is 15.3 Å². The fraction of sp³-hybridized carbons (Fsp3) is 0.474. The van der Waals surface area contributed by atoms with Crippen molar-refractivity contribution in [2.24, 2.45) is 5.92 Å². The van der Waals surface area contributed by atoms with Gasteiger partial charge in [-0.15, -0.1) is 0 Å². The number of hydrogen-bond donors (Lipinski definition) is 2. The fourth-order valence-electron chi connectivity index (χ4n) is 3.50. The van der Waals surface area contributed by atoms with E-state index in [2.05, 4.69) is 33.2 Å². The van der Waals surface area contributed by atoms with Crippen LogP contribution in [0.25, 0.3) is 11.0 Å². The molecule has 3 rings (SSSR count). The van der Waals surface area contributed by atoms with Crippen LogP contribution in [0.1, 0.15) is 25.8 Å². The third kappa shape index (κ3) is 3.98. The van der Waals surface area contributed by atoms with Gasteiger partial charge in [0.2, 0.25) is 5.67 Å². The molecule has 0 amide bonds. The number of nitrogens with zero attached hydrogens (tertiary/aromatic N) is 4. The van der Waals surface area contributed by atoms with Crippen LogP contribution in [0.4, 0.5) is 10.1 Å². The Morgan fingerprint density at radius 1 is 1.41 bits per heavy atom. The van der Waals surface area contributed by atoms with Crippen molar-refractivity contribution in [2.75, 3.05) is 24.5 Å². The molecule has 7 nitrogen and oxygen atoms in total. The van der Waals surface area contributed by atoms with Gasteiger partial charge in [0.1, 0.15) is 17.1 Å². The average molecular weight is 371 g/mol. The first-order chi connectivity index (χ1) is 12.8. The van der Waals surface area contributed by atoms with E-state index < -0.39 is 11.6 Å². The lowest BCUT2D eigenvalue weighted by molar-refractivity contribution is -0.149. The summed E-state index contributed by atoms with van der Waals surface area (Å²) in [4.78, 5) is 21.8. The Bertz CT molecular complexity index is 895. The van der Waals surface area contributed by atoms with Crippen molar-refractivity contribution in [2.45, 2.75) is 32.0 Å². The molecule has 1 aromatic heterocycles. The van der Waals surface area contributed by atoms with Crippen LogP contribution in [0.2, 0.25) is 0 Å². The normalized spacial score (nSPS) is 22.2. The largest absolute Gasteiger partial charge is 0.479 e. The van der Waals surface area contributed by atoms with E-state index in [1.54, 1.807) is 18.5 Å². The number of nitrogens with one attached hydrogen (secondary N) is 1. The van der Waals surface area contributed by atoms with Crippen molar-refractivity contribution in [3.63, 3.8) is 0 Å². The van der Waals surface area contributed by atoms with Gasteiger partial charge in [0.25, 0.3) is 0 Å². The highest BCUT2D eigenvalue weighted by Crippen LogP contribution is 2.30. The minimum absolute atomic E-state index is 0.0504. The number of halogens is 1. The molecule has 2 aromatic rings. The summed E-state index contributed by atoms with van der Waals surface area (Å²) in [5.41, 5.74) is 0.249. The van der Waals surface area contributed by atoms with Gasteiger partial charge < -0.3 is 15.3 Å². The molecule has 1 aliphatic rings. The number of aromatic nitrogens is 2. The number of piperidine rings is 1. The van der Waals surface area contributed by atoms with Gasteiger partial charge in [0.05, 0.1) is 11.3 Å². The highest BCUT2D eigenvalue weighted by molar-refractivity contribution is 5.92. The van der Waals surface area contributed by atoms with Crippen LogP contribution in [0.3, 0.4) is 0 Å². The Morgan fingerprint density at radius 2 is 2.11 bits per heavy atom. The van der Waals surface area contributed by atoms with E-state index in [0.29, 0.717) is 29.1 Å². The third-order valence-electron chi connectivity index (χ3n) is 4.89. The molecule has 27 heavy (non-hydrogen) atoms. The number of rotatable bonds is 5. The predicted octanol–water partition coefficient (Wildman–Crippen LogP) is 2.12. The highest BCUT2D eigenvalue weighted by Gasteiger charge is 2.34. The van der Waals surface area contributed by atoms with Gasteiger partial charge in [-0.1, -0.05) is 6.92 Å². The minimum Gasteiger partial charge on any atom is -0.479 e. The predicted molar refractivity (Wildman–Crippen MR) is 99.2 cm³/mol. The van der Waals surface area contributed by atoms with Gasteiger partial charge in [-0.05, 0) is 31.4 Å². The standard InChI is InChI=1S/C19H22FN5O2/c1-12-7-14(24-11-19(2,20)18(26)27)10-25(9-12)15-4-3-13(8-21)16-17(15)23-6-5-22-16/h3-6,12,14,24H,7,9-11H2,1-2H3,(H,26,27)/t12-,14+,19?/m1/s1. The summed E-state index contributed by atoms with van der Waals surface area (Å²) in [7, 11) is 0. The number of hydrogen-bond acceptors (Lipinski definition) is 6. The van der Waals surface area contributed by atoms with Gasteiger partial charge in [-0.2, -0.15) is 5.26 Å².